The Morgan fingerprint density at radius 2 is 1.94 bits per heavy atom. The number of nitrogens with zero attached hydrogens (tertiary/aromatic N) is 3. The Labute approximate surface area is 187 Å². The van der Waals surface area contributed by atoms with Gasteiger partial charge in [0, 0.05) is 16.3 Å². The van der Waals surface area contributed by atoms with E-state index in [0.29, 0.717) is 34.9 Å². The van der Waals surface area contributed by atoms with Crippen LogP contribution >= 0.6 is 11.6 Å². The van der Waals surface area contributed by atoms with E-state index in [1.165, 1.54) is 18.2 Å². The van der Waals surface area contributed by atoms with E-state index in [2.05, 4.69) is 24.9 Å². The van der Waals surface area contributed by atoms with Crippen LogP contribution in [0, 0.1) is 5.82 Å². The van der Waals surface area contributed by atoms with Gasteiger partial charge in [-0.1, -0.05) is 18.5 Å². The molecule has 2 heterocycles. The number of nitrogens with one attached hydrogen (secondary N) is 2. The molecule has 0 unspecified atom stereocenters. The number of nitrogen functional groups attached to an aromatic ring is 1. The Balaban J connectivity index is 1.64. The van der Waals surface area contributed by atoms with Crippen LogP contribution < -0.4 is 15.2 Å². The summed E-state index contributed by atoms with van der Waals surface area (Å²) in [5.41, 5.74) is 7.12. The lowest BCUT2D eigenvalue weighted by molar-refractivity contribution is 0.309. The number of sulfonamides is 1. The lowest BCUT2D eigenvalue weighted by Gasteiger charge is -2.10. The molecule has 0 fully saturated rings. The van der Waals surface area contributed by atoms with Gasteiger partial charge in [-0.05, 0) is 48.9 Å². The number of ether oxygens (including phenoxy) is 1. The predicted octanol–water partition coefficient (Wildman–Crippen LogP) is 3.98. The van der Waals surface area contributed by atoms with Gasteiger partial charge in [0.15, 0.2) is 17.3 Å². The van der Waals surface area contributed by atoms with Gasteiger partial charge < -0.3 is 10.5 Å². The van der Waals surface area contributed by atoms with E-state index >= 15 is 0 Å². The summed E-state index contributed by atoms with van der Waals surface area (Å²) in [6.45, 7) is 2.41. The van der Waals surface area contributed by atoms with Crippen LogP contribution in [0.1, 0.15) is 13.3 Å². The summed E-state index contributed by atoms with van der Waals surface area (Å²) in [4.78, 5) is 8.31. The molecule has 0 saturated heterocycles. The van der Waals surface area contributed by atoms with Crippen LogP contribution in [0.2, 0.25) is 5.02 Å². The topological polar surface area (TPSA) is 136 Å². The normalized spacial score (nSPS) is 11.6. The SMILES string of the molecule is CCCOc1nc(-c2ccc(NS(=O)(=O)c3cc(Cl)ccc3F)cc2)nc2[nH]nc(N)c12. The molecule has 0 aliphatic rings. The first-order valence-corrected chi connectivity index (χ1v) is 11.4. The highest BCUT2D eigenvalue weighted by Crippen LogP contribution is 2.30. The van der Waals surface area contributed by atoms with E-state index in [1.54, 1.807) is 12.1 Å². The minimum Gasteiger partial charge on any atom is -0.477 e. The van der Waals surface area contributed by atoms with Crippen molar-refractivity contribution >= 4 is 44.2 Å². The monoisotopic (exact) mass is 476 g/mol. The van der Waals surface area contributed by atoms with Gasteiger partial charge in [-0.15, -0.1) is 0 Å². The molecule has 2 aromatic carbocycles. The minimum absolute atomic E-state index is 0.107. The van der Waals surface area contributed by atoms with E-state index in [-0.39, 0.29) is 16.5 Å². The summed E-state index contributed by atoms with van der Waals surface area (Å²) in [5.74, 6) is -0.0313. The number of halogens is 2. The molecule has 0 saturated carbocycles. The number of anilines is 2. The van der Waals surface area contributed by atoms with Gasteiger partial charge in [0.1, 0.15) is 16.1 Å². The average molecular weight is 477 g/mol. The van der Waals surface area contributed by atoms with Crippen molar-refractivity contribution in [2.24, 2.45) is 0 Å². The van der Waals surface area contributed by atoms with Crippen molar-refractivity contribution in [2.75, 3.05) is 17.1 Å². The number of H-pyrrole nitrogens is 1. The molecular weight excluding hydrogens is 459 g/mol. The first-order valence-electron chi connectivity index (χ1n) is 9.51. The van der Waals surface area contributed by atoms with E-state index in [1.807, 2.05) is 6.92 Å². The van der Waals surface area contributed by atoms with Gasteiger partial charge in [-0.2, -0.15) is 10.1 Å². The maximum Gasteiger partial charge on any atom is 0.264 e. The van der Waals surface area contributed by atoms with Crippen molar-refractivity contribution in [1.29, 1.82) is 0 Å². The van der Waals surface area contributed by atoms with Crippen LogP contribution in [-0.2, 0) is 10.0 Å². The van der Waals surface area contributed by atoms with Crippen molar-refractivity contribution < 1.29 is 17.5 Å². The van der Waals surface area contributed by atoms with Crippen molar-refractivity contribution in [3.63, 3.8) is 0 Å². The number of aromatic amines is 1. The summed E-state index contributed by atoms with van der Waals surface area (Å²) >= 11 is 5.80. The zero-order chi connectivity index (χ0) is 22.9. The Bertz CT molecular complexity index is 1390. The van der Waals surface area contributed by atoms with Crippen LogP contribution in [0.3, 0.4) is 0 Å². The van der Waals surface area contributed by atoms with Crippen LogP contribution in [0.4, 0.5) is 15.9 Å². The molecule has 0 amide bonds. The molecule has 12 heteroatoms. The molecule has 32 heavy (non-hydrogen) atoms. The van der Waals surface area contributed by atoms with Gasteiger partial charge >= 0.3 is 0 Å². The highest BCUT2D eigenvalue weighted by molar-refractivity contribution is 7.92. The lowest BCUT2D eigenvalue weighted by atomic mass is 10.2. The zero-order valence-electron chi connectivity index (χ0n) is 16.8. The molecule has 0 spiro atoms. The first kappa shape index (κ1) is 21.8. The van der Waals surface area contributed by atoms with Gasteiger partial charge in [0.25, 0.3) is 10.0 Å². The molecule has 0 aliphatic heterocycles. The van der Waals surface area contributed by atoms with Crippen molar-refractivity contribution in [1.82, 2.24) is 20.2 Å². The average Bonchev–Trinajstić information content (AvgIpc) is 3.15. The predicted molar refractivity (Wildman–Crippen MR) is 120 cm³/mol. The molecule has 0 aliphatic carbocycles. The Kier molecular flexibility index (Phi) is 5.85. The van der Waals surface area contributed by atoms with Gasteiger partial charge in [0.2, 0.25) is 5.88 Å². The van der Waals surface area contributed by atoms with Crippen molar-refractivity contribution in [2.45, 2.75) is 18.2 Å². The third-order valence-corrected chi connectivity index (χ3v) is 6.07. The van der Waals surface area contributed by atoms with E-state index in [9.17, 15) is 12.8 Å². The fraction of sp³-hybridized carbons (Fsp3) is 0.150. The van der Waals surface area contributed by atoms with Crippen LogP contribution in [0.15, 0.2) is 47.4 Å². The molecule has 2 aromatic heterocycles. The van der Waals surface area contributed by atoms with E-state index in [0.717, 1.165) is 18.6 Å². The third-order valence-electron chi connectivity index (χ3n) is 4.44. The third kappa shape index (κ3) is 4.30. The fourth-order valence-corrected chi connectivity index (χ4v) is 4.33. The quantitative estimate of drug-likeness (QED) is 0.367. The molecule has 9 nitrogen and oxygen atoms in total. The number of aromatic nitrogens is 4. The number of hydrogen-bond acceptors (Lipinski definition) is 7. The lowest BCUT2D eigenvalue weighted by Crippen LogP contribution is -2.14. The Morgan fingerprint density at radius 1 is 1.19 bits per heavy atom. The summed E-state index contributed by atoms with van der Waals surface area (Å²) in [6.07, 6.45) is 0.778. The summed E-state index contributed by atoms with van der Waals surface area (Å²) in [6, 6.07) is 9.58. The molecule has 4 N–H and O–H groups in total. The molecule has 0 radical (unpaired) electrons. The molecule has 4 aromatic rings. The van der Waals surface area contributed by atoms with Crippen LogP contribution in [0.25, 0.3) is 22.4 Å². The Hall–Kier alpha value is -3.44. The van der Waals surface area contributed by atoms with Crippen LogP contribution in [-0.4, -0.2) is 35.2 Å². The second-order valence-corrected chi connectivity index (χ2v) is 8.88. The largest absolute Gasteiger partial charge is 0.477 e. The van der Waals surface area contributed by atoms with Gasteiger partial charge in [-0.25, -0.2) is 17.8 Å². The standard InChI is InChI=1S/C20H18ClFN6O3S/c1-2-9-31-20-16-17(23)26-27-19(16)24-18(25-20)11-3-6-13(7-4-11)28-32(29,30)15-10-12(21)5-8-14(15)22/h3-8,10,28H,2,9H2,1H3,(H3,23,24,25,26,27). The number of benzene rings is 2. The smallest absolute Gasteiger partial charge is 0.264 e. The van der Waals surface area contributed by atoms with Crippen molar-refractivity contribution in [3.8, 4) is 17.3 Å². The zero-order valence-corrected chi connectivity index (χ0v) is 18.3. The van der Waals surface area contributed by atoms with Crippen molar-refractivity contribution in [3.05, 3.63) is 53.3 Å². The van der Waals surface area contributed by atoms with Gasteiger partial charge in [0.05, 0.1) is 6.61 Å². The molecular formula is C20H18ClFN6O3S. The van der Waals surface area contributed by atoms with E-state index < -0.39 is 20.7 Å². The maximum absolute atomic E-state index is 14.0. The molecule has 0 atom stereocenters. The number of hydrogen-bond donors (Lipinski definition) is 3. The number of rotatable bonds is 7. The number of fused-ring (bicyclic) bond motifs is 1. The second kappa shape index (κ2) is 8.60. The second-order valence-electron chi connectivity index (χ2n) is 6.79. The minimum atomic E-state index is -4.17. The van der Waals surface area contributed by atoms with E-state index in [4.69, 9.17) is 22.1 Å². The molecule has 4 rings (SSSR count). The fourth-order valence-electron chi connectivity index (χ4n) is 2.93. The summed E-state index contributed by atoms with van der Waals surface area (Å²) in [7, 11) is -4.17. The maximum atomic E-state index is 14.0. The van der Waals surface area contributed by atoms with Crippen LogP contribution in [0.5, 0.6) is 5.88 Å². The number of nitrogens with two attached hydrogens (primary N) is 1. The van der Waals surface area contributed by atoms with Gasteiger partial charge in [-0.3, -0.25) is 9.82 Å². The summed E-state index contributed by atoms with van der Waals surface area (Å²) in [5, 5.41) is 7.29. The summed E-state index contributed by atoms with van der Waals surface area (Å²) < 4.78 is 47.1. The molecule has 166 valence electrons. The first-order chi connectivity index (χ1) is 15.3. The highest BCUT2D eigenvalue weighted by atomic mass is 35.5. The Morgan fingerprint density at radius 3 is 2.66 bits per heavy atom. The molecule has 0 bridgehead atoms. The highest BCUT2D eigenvalue weighted by Gasteiger charge is 2.20.